The number of halogens is 2. The number of esters is 1. The molecule has 1 amide bonds. The molecule has 0 saturated heterocycles. The van der Waals surface area contributed by atoms with E-state index in [1.807, 2.05) is 12.1 Å². The second-order valence-electron chi connectivity index (χ2n) is 5.65. The largest absolute Gasteiger partial charge is 0.423 e. The van der Waals surface area contributed by atoms with Crippen LogP contribution in [-0.2, 0) is 0 Å². The second-order valence-corrected chi connectivity index (χ2v) is 7.25. The summed E-state index contributed by atoms with van der Waals surface area (Å²) in [6, 6.07) is 20.5. The van der Waals surface area contributed by atoms with Crippen LogP contribution in [0.1, 0.15) is 26.3 Å². The van der Waals surface area contributed by atoms with Gasteiger partial charge in [0.2, 0.25) is 0 Å². The lowest BCUT2D eigenvalue weighted by molar-refractivity contribution is 0.0734. The lowest BCUT2D eigenvalue weighted by Gasteiger charge is -2.05. The maximum absolute atomic E-state index is 12.2. The fourth-order valence-electron chi connectivity index (χ4n) is 2.28. The van der Waals surface area contributed by atoms with Crippen molar-refractivity contribution in [3.8, 4) is 5.75 Å². The van der Waals surface area contributed by atoms with Crippen LogP contribution in [0.15, 0.2) is 77.9 Å². The molecule has 0 aromatic heterocycles. The molecule has 3 aromatic rings. The number of hydrogen-bond acceptors (Lipinski definition) is 4. The summed E-state index contributed by atoms with van der Waals surface area (Å²) in [5, 5.41) is 4.51. The molecule has 0 saturated carbocycles. The number of amides is 1. The molecule has 0 bridgehead atoms. The van der Waals surface area contributed by atoms with Crippen LogP contribution in [0.4, 0.5) is 0 Å². The van der Waals surface area contributed by atoms with Gasteiger partial charge in [-0.3, -0.25) is 4.79 Å². The number of carbonyl (C=O) groups excluding carboxylic acids is 2. The van der Waals surface area contributed by atoms with Crippen LogP contribution in [0.3, 0.4) is 0 Å². The SMILES string of the molecule is O=C(Oc1cccc(/C=N/NC(=O)c2ccccc2I)c1)c1ccc(Cl)cc1. The van der Waals surface area contributed by atoms with Gasteiger partial charge in [-0.1, -0.05) is 35.9 Å². The Kier molecular flexibility index (Phi) is 6.78. The van der Waals surface area contributed by atoms with Gasteiger partial charge in [0, 0.05) is 8.59 Å². The molecule has 140 valence electrons. The van der Waals surface area contributed by atoms with E-state index in [2.05, 4.69) is 33.1 Å². The Balaban J connectivity index is 1.63. The molecule has 0 aliphatic rings. The lowest BCUT2D eigenvalue weighted by Crippen LogP contribution is -2.18. The number of carbonyl (C=O) groups is 2. The summed E-state index contributed by atoms with van der Waals surface area (Å²) in [6.45, 7) is 0. The normalized spacial score (nSPS) is 10.6. The highest BCUT2D eigenvalue weighted by atomic mass is 127. The summed E-state index contributed by atoms with van der Waals surface area (Å²) in [5.41, 5.74) is 4.10. The first-order valence-electron chi connectivity index (χ1n) is 8.19. The van der Waals surface area contributed by atoms with Gasteiger partial charge < -0.3 is 4.74 Å². The highest BCUT2D eigenvalue weighted by Gasteiger charge is 2.09. The van der Waals surface area contributed by atoms with Crippen molar-refractivity contribution in [3.63, 3.8) is 0 Å². The minimum atomic E-state index is -0.488. The maximum Gasteiger partial charge on any atom is 0.343 e. The molecule has 7 heteroatoms. The van der Waals surface area contributed by atoms with Crippen molar-refractivity contribution in [1.82, 2.24) is 5.43 Å². The molecule has 28 heavy (non-hydrogen) atoms. The summed E-state index contributed by atoms with van der Waals surface area (Å²) in [4.78, 5) is 24.3. The van der Waals surface area contributed by atoms with Crippen LogP contribution in [0, 0.1) is 3.57 Å². The van der Waals surface area contributed by atoms with Crippen molar-refractivity contribution < 1.29 is 14.3 Å². The zero-order valence-corrected chi connectivity index (χ0v) is 17.3. The predicted octanol–water partition coefficient (Wildman–Crippen LogP) is 4.93. The fourth-order valence-corrected chi connectivity index (χ4v) is 3.04. The molecular formula is C21H14ClIN2O3. The van der Waals surface area contributed by atoms with Crippen molar-refractivity contribution >= 4 is 52.3 Å². The van der Waals surface area contributed by atoms with Crippen molar-refractivity contribution in [1.29, 1.82) is 0 Å². The van der Waals surface area contributed by atoms with Gasteiger partial charge >= 0.3 is 5.97 Å². The zero-order chi connectivity index (χ0) is 19.9. The van der Waals surface area contributed by atoms with Crippen molar-refractivity contribution in [2.45, 2.75) is 0 Å². The first kappa shape index (κ1) is 20.0. The van der Waals surface area contributed by atoms with Crippen LogP contribution in [-0.4, -0.2) is 18.1 Å². The number of hydrazone groups is 1. The molecule has 3 rings (SSSR count). The Labute approximate surface area is 180 Å². The highest BCUT2D eigenvalue weighted by molar-refractivity contribution is 14.1. The summed E-state index contributed by atoms with van der Waals surface area (Å²) in [7, 11) is 0. The lowest BCUT2D eigenvalue weighted by atomic mass is 10.2. The number of benzene rings is 3. The molecule has 0 atom stereocenters. The van der Waals surface area contributed by atoms with E-state index in [0.29, 0.717) is 27.5 Å². The summed E-state index contributed by atoms with van der Waals surface area (Å²) < 4.78 is 6.20. The maximum atomic E-state index is 12.2. The Hall–Kier alpha value is -2.71. The van der Waals surface area contributed by atoms with Crippen LogP contribution in [0.5, 0.6) is 5.75 Å². The quantitative estimate of drug-likeness (QED) is 0.176. The second kappa shape index (κ2) is 9.48. The summed E-state index contributed by atoms with van der Waals surface area (Å²) in [6.07, 6.45) is 1.48. The van der Waals surface area contributed by atoms with E-state index in [1.165, 1.54) is 6.21 Å². The van der Waals surface area contributed by atoms with Gasteiger partial charge in [0.1, 0.15) is 5.75 Å². The van der Waals surface area contributed by atoms with E-state index < -0.39 is 5.97 Å². The molecular weight excluding hydrogens is 491 g/mol. The van der Waals surface area contributed by atoms with E-state index in [9.17, 15) is 9.59 Å². The average Bonchev–Trinajstić information content (AvgIpc) is 2.69. The highest BCUT2D eigenvalue weighted by Crippen LogP contribution is 2.16. The topological polar surface area (TPSA) is 67.8 Å². The Morgan fingerprint density at radius 3 is 2.50 bits per heavy atom. The molecule has 0 unspecified atom stereocenters. The first-order valence-corrected chi connectivity index (χ1v) is 9.64. The third-order valence-electron chi connectivity index (χ3n) is 3.65. The van der Waals surface area contributed by atoms with Crippen LogP contribution in [0.25, 0.3) is 0 Å². The Bertz CT molecular complexity index is 1040. The van der Waals surface area contributed by atoms with Gasteiger partial charge in [-0.05, 0) is 76.7 Å². The molecule has 3 aromatic carbocycles. The van der Waals surface area contributed by atoms with Gasteiger partial charge in [0.15, 0.2) is 0 Å². The summed E-state index contributed by atoms with van der Waals surface area (Å²) in [5.74, 6) is -0.419. The first-order chi connectivity index (χ1) is 13.5. The molecule has 0 spiro atoms. The Morgan fingerprint density at radius 1 is 1.00 bits per heavy atom. The number of rotatable bonds is 5. The number of nitrogens with one attached hydrogen (secondary N) is 1. The van der Waals surface area contributed by atoms with Crippen LogP contribution in [0.2, 0.25) is 5.02 Å². The van der Waals surface area contributed by atoms with E-state index >= 15 is 0 Å². The van der Waals surface area contributed by atoms with E-state index in [4.69, 9.17) is 16.3 Å². The molecule has 0 heterocycles. The molecule has 0 radical (unpaired) electrons. The van der Waals surface area contributed by atoms with E-state index in [0.717, 1.165) is 3.57 Å². The van der Waals surface area contributed by atoms with Gasteiger partial charge in [-0.15, -0.1) is 0 Å². The van der Waals surface area contributed by atoms with Crippen molar-refractivity contribution in [2.75, 3.05) is 0 Å². The minimum Gasteiger partial charge on any atom is -0.423 e. The van der Waals surface area contributed by atoms with Crippen molar-refractivity contribution in [2.24, 2.45) is 5.10 Å². The molecule has 5 nitrogen and oxygen atoms in total. The summed E-state index contributed by atoms with van der Waals surface area (Å²) >= 11 is 7.91. The molecule has 0 fully saturated rings. The van der Waals surface area contributed by atoms with Crippen LogP contribution >= 0.6 is 34.2 Å². The number of ether oxygens (including phenoxy) is 1. The predicted molar refractivity (Wildman–Crippen MR) is 117 cm³/mol. The standard InChI is InChI=1S/C21H14ClIN2O3/c22-16-10-8-15(9-11-16)21(27)28-17-5-3-4-14(12-17)13-24-25-20(26)18-6-1-2-7-19(18)23/h1-13H,(H,25,26)/b24-13+. The van der Waals surface area contributed by atoms with Gasteiger partial charge in [0.25, 0.3) is 5.91 Å². The van der Waals surface area contributed by atoms with E-state index in [-0.39, 0.29) is 5.91 Å². The van der Waals surface area contributed by atoms with Gasteiger partial charge in [-0.2, -0.15) is 5.10 Å². The molecule has 0 aliphatic carbocycles. The van der Waals surface area contributed by atoms with Gasteiger partial charge in [-0.25, -0.2) is 10.2 Å². The van der Waals surface area contributed by atoms with E-state index in [1.54, 1.807) is 60.7 Å². The fraction of sp³-hybridized carbons (Fsp3) is 0. The Morgan fingerprint density at radius 2 is 1.75 bits per heavy atom. The zero-order valence-electron chi connectivity index (χ0n) is 14.4. The third kappa shape index (κ3) is 5.40. The molecule has 0 aliphatic heterocycles. The average molecular weight is 505 g/mol. The van der Waals surface area contributed by atoms with Crippen molar-refractivity contribution in [3.05, 3.63) is 98.1 Å². The monoisotopic (exact) mass is 504 g/mol. The number of hydrogen-bond donors (Lipinski definition) is 1. The third-order valence-corrected chi connectivity index (χ3v) is 4.84. The van der Waals surface area contributed by atoms with Gasteiger partial charge in [0.05, 0.1) is 17.3 Å². The smallest absolute Gasteiger partial charge is 0.343 e. The number of nitrogens with zero attached hydrogens (tertiary/aromatic N) is 1. The molecule has 1 N–H and O–H groups in total. The van der Waals surface area contributed by atoms with Crippen LogP contribution < -0.4 is 10.2 Å². The minimum absolute atomic E-state index is 0.299.